The second kappa shape index (κ2) is 6.26. The zero-order valence-corrected chi connectivity index (χ0v) is 12.4. The van der Waals surface area contributed by atoms with Gasteiger partial charge < -0.3 is 9.88 Å². The molecule has 0 aliphatic rings. The molecule has 2 aromatic heterocycles. The van der Waals surface area contributed by atoms with E-state index in [1.54, 1.807) is 12.4 Å². The molecule has 3 aromatic rings. The molecule has 0 atom stereocenters. The van der Waals surface area contributed by atoms with Gasteiger partial charge in [0.25, 0.3) is 5.91 Å². The van der Waals surface area contributed by atoms with Crippen molar-refractivity contribution in [2.24, 2.45) is 7.05 Å². The van der Waals surface area contributed by atoms with E-state index in [-0.39, 0.29) is 5.91 Å². The Balaban J connectivity index is 1.75. The summed E-state index contributed by atoms with van der Waals surface area (Å²) in [5.74, 6) is -0.0772. The average Bonchev–Trinajstić information content (AvgIpc) is 2.96. The molecule has 1 N–H and O–H groups in total. The fourth-order valence-electron chi connectivity index (χ4n) is 2.42. The molecule has 4 heteroatoms. The van der Waals surface area contributed by atoms with Crippen molar-refractivity contribution >= 4 is 5.91 Å². The van der Waals surface area contributed by atoms with E-state index in [0.717, 1.165) is 16.8 Å². The zero-order valence-electron chi connectivity index (χ0n) is 12.4. The summed E-state index contributed by atoms with van der Waals surface area (Å²) < 4.78 is 1.90. The summed E-state index contributed by atoms with van der Waals surface area (Å²) in [5.41, 5.74) is 3.76. The van der Waals surface area contributed by atoms with Crippen LogP contribution in [0.3, 0.4) is 0 Å². The van der Waals surface area contributed by atoms with Crippen LogP contribution in [-0.4, -0.2) is 15.5 Å². The van der Waals surface area contributed by atoms with Crippen LogP contribution in [0.4, 0.5) is 0 Å². The molecule has 2 heterocycles. The minimum absolute atomic E-state index is 0.0772. The number of hydrogen-bond donors (Lipinski definition) is 1. The van der Waals surface area contributed by atoms with Crippen LogP contribution in [0.15, 0.2) is 67.0 Å². The zero-order chi connectivity index (χ0) is 15.4. The standard InChI is InChI=1S/C18H17N3O/c1-21-16(15-9-11-19-12-10-15)7-8-17(21)18(22)20-13-14-5-3-2-4-6-14/h2-12H,13H2,1H3,(H,20,22). The average molecular weight is 291 g/mol. The van der Waals surface area contributed by atoms with Crippen LogP contribution < -0.4 is 5.32 Å². The number of nitrogens with one attached hydrogen (secondary N) is 1. The Morgan fingerprint density at radius 3 is 2.50 bits per heavy atom. The largest absolute Gasteiger partial charge is 0.347 e. The molecule has 0 saturated heterocycles. The molecule has 3 rings (SSSR count). The first-order chi connectivity index (χ1) is 10.8. The Bertz CT molecular complexity index is 764. The highest BCUT2D eigenvalue weighted by Crippen LogP contribution is 2.20. The van der Waals surface area contributed by atoms with Crippen molar-refractivity contribution in [3.8, 4) is 11.3 Å². The summed E-state index contributed by atoms with van der Waals surface area (Å²) in [4.78, 5) is 16.4. The molecule has 0 spiro atoms. The molecule has 0 aliphatic carbocycles. The lowest BCUT2D eigenvalue weighted by molar-refractivity contribution is 0.0943. The molecule has 0 saturated carbocycles. The fourth-order valence-corrected chi connectivity index (χ4v) is 2.42. The third kappa shape index (κ3) is 2.91. The monoisotopic (exact) mass is 291 g/mol. The van der Waals surface area contributed by atoms with E-state index < -0.39 is 0 Å². The van der Waals surface area contributed by atoms with Gasteiger partial charge in [0, 0.05) is 37.2 Å². The summed E-state index contributed by atoms with van der Waals surface area (Å²) in [5, 5.41) is 2.95. The molecular weight excluding hydrogens is 274 g/mol. The van der Waals surface area contributed by atoms with E-state index >= 15 is 0 Å². The summed E-state index contributed by atoms with van der Waals surface area (Å²) in [6, 6.07) is 17.5. The topological polar surface area (TPSA) is 46.9 Å². The summed E-state index contributed by atoms with van der Waals surface area (Å²) in [6.07, 6.45) is 3.50. The number of benzene rings is 1. The van der Waals surface area contributed by atoms with E-state index in [0.29, 0.717) is 12.2 Å². The summed E-state index contributed by atoms with van der Waals surface area (Å²) >= 11 is 0. The molecule has 0 bridgehead atoms. The lowest BCUT2D eigenvalue weighted by Crippen LogP contribution is -2.24. The SMILES string of the molecule is Cn1c(C(=O)NCc2ccccc2)ccc1-c1ccncc1. The van der Waals surface area contributed by atoms with Crippen LogP contribution in [0, 0.1) is 0 Å². The summed E-state index contributed by atoms with van der Waals surface area (Å²) in [7, 11) is 1.90. The van der Waals surface area contributed by atoms with Crippen molar-refractivity contribution in [3.63, 3.8) is 0 Å². The predicted molar refractivity (Wildman–Crippen MR) is 86.3 cm³/mol. The Morgan fingerprint density at radius 1 is 1.05 bits per heavy atom. The molecule has 22 heavy (non-hydrogen) atoms. The predicted octanol–water partition coefficient (Wildman–Crippen LogP) is 3.02. The third-order valence-corrected chi connectivity index (χ3v) is 3.63. The van der Waals surface area contributed by atoms with Crippen LogP contribution >= 0.6 is 0 Å². The highest BCUT2D eigenvalue weighted by atomic mass is 16.1. The minimum Gasteiger partial charge on any atom is -0.347 e. The number of rotatable bonds is 4. The van der Waals surface area contributed by atoms with E-state index in [9.17, 15) is 4.79 Å². The van der Waals surface area contributed by atoms with Crippen LogP contribution in [-0.2, 0) is 13.6 Å². The molecule has 0 unspecified atom stereocenters. The van der Waals surface area contributed by atoms with E-state index in [1.807, 2.05) is 66.2 Å². The van der Waals surface area contributed by atoms with Gasteiger partial charge in [0.15, 0.2) is 0 Å². The molecule has 4 nitrogen and oxygen atoms in total. The van der Waals surface area contributed by atoms with Crippen LogP contribution in [0.2, 0.25) is 0 Å². The first-order valence-corrected chi connectivity index (χ1v) is 7.14. The molecule has 0 fully saturated rings. The Labute approximate surface area is 129 Å². The van der Waals surface area contributed by atoms with E-state index in [1.165, 1.54) is 0 Å². The first kappa shape index (κ1) is 14.1. The van der Waals surface area contributed by atoms with Gasteiger partial charge in [-0.3, -0.25) is 9.78 Å². The summed E-state index contributed by atoms with van der Waals surface area (Å²) in [6.45, 7) is 0.523. The van der Waals surface area contributed by atoms with Gasteiger partial charge in [-0.1, -0.05) is 30.3 Å². The first-order valence-electron chi connectivity index (χ1n) is 7.14. The Morgan fingerprint density at radius 2 is 1.77 bits per heavy atom. The van der Waals surface area contributed by atoms with Gasteiger partial charge in [-0.25, -0.2) is 0 Å². The maximum Gasteiger partial charge on any atom is 0.268 e. The van der Waals surface area contributed by atoms with E-state index in [4.69, 9.17) is 0 Å². The molecule has 0 radical (unpaired) electrons. The number of nitrogens with zero attached hydrogens (tertiary/aromatic N) is 2. The van der Waals surface area contributed by atoms with Gasteiger partial charge >= 0.3 is 0 Å². The highest BCUT2D eigenvalue weighted by molar-refractivity contribution is 5.93. The maximum atomic E-state index is 12.3. The Hall–Kier alpha value is -2.88. The molecular formula is C18H17N3O. The van der Waals surface area contributed by atoms with Crippen molar-refractivity contribution in [3.05, 3.63) is 78.2 Å². The molecule has 1 amide bonds. The number of amides is 1. The molecule has 110 valence electrons. The van der Waals surface area contributed by atoms with Crippen molar-refractivity contribution in [2.45, 2.75) is 6.54 Å². The number of hydrogen-bond acceptors (Lipinski definition) is 2. The molecule has 1 aromatic carbocycles. The lowest BCUT2D eigenvalue weighted by atomic mass is 10.2. The van der Waals surface area contributed by atoms with Gasteiger partial charge in [0.1, 0.15) is 5.69 Å². The van der Waals surface area contributed by atoms with Gasteiger partial charge in [-0.05, 0) is 29.8 Å². The number of carbonyl (C=O) groups excluding carboxylic acids is 1. The minimum atomic E-state index is -0.0772. The van der Waals surface area contributed by atoms with Crippen molar-refractivity contribution < 1.29 is 4.79 Å². The lowest BCUT2D eigenvalue weighted by Gasteiger charge is -2.09. The van der Waals surface area contributed by atoms with Crippen LogP contribution in [0.25, 0.3) is 11.3 Å². The highest BCUT2D eigenvalue weighted by Gasteiger charge is 2.13. The molecule has 0 aliphatic heterocycles. The second-order valence-electron chi connectivity index (χ2n) is 5.07. The second-order valence-corrected chi connectivity index (χ2v) is 5.07. The van der Waals surface area contributed by atoms with Gasteiger partial charge in [0.05, 0.1) is 0 Å². The van der Waals surface area contributed by atoms with Crippen LogP contribution in [0.5, 0.6) is 0 Å². The normalized spacial score (nSPS) is 10.4. The van der Waals surface area contributed by atoms with Crippen molar-refractivity contribution in [1.82, 2.24) is 14.9 Å². The van der Waals surface area contributed by atoms with Gasteiger partial charge in [-0.2, -0.15) is 0 Å². The number of carbonyl (C=O) groups is 1. The van der Waals surface area contributed by atoms with Crippen molar-refractivity contribution in [2.75, 3.05) is 0 Å². The quantitative estimate of drug-likeness (QED) is 0.803. The number of pyridine rings is 1. The van der Waals surface area contributed by atoms with Gasteiger partial charge in [0.2, 0.25) is 0 Å². The fraction of sp³-hybridized carbons (Fsp3) is 0.111. The number of aromatic nitrogens is 2. The van der Waals surface area contributed by atoms with Gasteiger partial charge in [-0.15, -0.1) is 0 Å². The Kier molecular flexibility index (Phi) is 4.01. The third-order valence-electron chi connectivity index (χ3n) is 3.63. The van der Waals surface area contributed by atoms with Crippen LogP contribution in [0.1, 0.15) is 16.1 Å². The van der Waals surface area contributed by atoms with Crippen molar-refractivity contribution in [1.29, 1.82) is 0 Å². The van der Waals surface area contributed by atoms with E-state index in [2.05, 4.69) is 10.3 Å². The maximum absolute atomic E-state index is 12.3. The smallest absolute Gasteiger partial charge is 0.268 e.